The molecule has 2 heterocycles. The van der Waals surface area contributed by atoms with Crippen LogP contribution in [-0.4, -0.2) is 83.3 Å². The lowest BCUT2D eigenvalue weighted by atomic mass is 9.86. The number of likely N-dealkylation sites (tertiary alicyclic amines) is 1. The summed E-state index contributed by atoms with van der Waals surface area (Å²) in [6.07, 6.45) is -0.142. The van der Waals surface area contributed by atoms with Crippen LogP contribution in [0.4, 0.5) is 17.6 Å². The van der Waals surface area contributed by atoms with Crippen molar-refractivity contribution in [3.05, 3.63) is 44.8 Å². The molecule has 6 nitrogen and oxygen atoms in total. The predicted octanol–water partition coefficient (Wildman–Crippen LogP) is 6.86. The van der Waals surface area contributed by atoms with Crippen molar-refractivity contribution in [2.75, 3.05) is 26.7 Å². The molecule has 226 valence electrons. The molecule has 2 aliphatic heterocycles. The lowest BCUT2D eigenvalue weighted by molar-refractivity contribution is -0.911. The number of nitrogens with zero attached hydrogens (tertiary/aromatic N) is 4. The zero-order chi connectivity index (χ0) is 30.3. The standard InChI is InChI=1S/C29H37Cl2F4N4O2/c1-17(2)37-11-9-20(10-12-37)38(16-25(40)26-23(30)13-19(32)14-24(26)31)28(41)22-15-36-39(4,27(22)29(33,34)35)21-7-5-18(3)6-8-21/h13-15,17-18,20-21H,5-12,16H2,1-4H3/q+1. The molecular formula is C29H37Cl2F4N4O2+. The van der Waals surface area contributed by atoms with Crippen molar-refractivity contribution in [3.8, 4) is 0 Å². The number of halogens is 6. The number of ketones is 1. The van der Waals surface area contributed by atoms with Crippen molar-refractivity contribution in [2.45, 2.75) is 83.6 Å². The number of alkyl halides is 3. The number of hydrogen-bond donors (Lipinski definition) is 0. The Kier molecular flexibility index (Phi) is 9.58. The number of quaternary nitrogens is 1. The van der Waals surface area contributed by atoms with E-state index in [1.165, 1.54) is 11.9 Å². The maximum Gasteiger partial charge on any atom is 0.470 e. The van der Waals surface area contributed by atoms with Crippen molar-refractivity contribution < 1.29 is 31.7 Å². The Morgan fingerprint density at radius 1 is 1.07 bits per heavy atom. The molecule has 1 saturated carbocycles. The van der Waals surface area contributed by atoms with Gasteiger partial charge in [-0.15, -0.1) is 0 Å². The number of Topliss-reactive ketones (excluding diaryl/α,β-unsaturated/α-hetero) is 1. The molecule has 1 aliphatic carbocycles. The Morgan fingerprint density at radius 2 is 1.63 bits per heavy atom. The monoisotopic (exact) mass is 619 g/mol. The normalized spacial score (nSPS) is 26.2. The van der Waals surface area contributed by atoms with E-state index in [4.69, 9.17) is 23.2 Å². The number of rotatable bonds is 7. The molecule has 12 heteroatoms. The third kappa shape index (κ3) is 6.65. The molecule has 0 spiro atoms. The molecule has 0 radical (unpaired) electrons. The van der Waals surface area contributed by atoms with E-state index in [1.807, 2.05) is 13.8 Å². The summed E-state index contributed by atoms with van der Waals surface area (Å²) in [6.45, 7) is 6.86. The van der Waals surface area contributed by atoms with Gasteiger partial charge in [-0.25, -0.2) is 4.39 Å². The summed E-state index contributed by atoms with van der Waals surface area (Å²) >= 11 is 12.3. The highest BCUT2D eigenvalue weighted by Crippen LogP contribution is 2.44. The van der Waals surface area contributed by atoms with Crippen molar-refractivity contribution in [1.82, 2.24) is 9.80 Å². The SMILES string of the molecule is CC1CCC([N+]2(C)N=CC(C(=O)N(CC(=O)c3c(Cl)cc(F)cc3Cl)C3CCN(C(C)C)CC3)=C2C(F)(F)F)CC1. The molecule has 0 aromatic heterocycles. The first-order valence-electron chi connectivity index (χ1n) is 14.1. The molecule has 1 atom stereocenters. The largest absolute Gasteiger partial charge is 0.470 e. The number of carbonyl (C=O) groups excluding carboxylic acids is 2. The summed E-state index contributed by atoms with van der Waals surface area (Å²) < 4.78 is 57.3. The van der Waals surface area contributed by atoms with Crippen LogP contribution in [0.15, 0.2) is 28.5 Å². The average Bonchev–Trinajstić information content (AvgIpc) is 3.25. The Morgan fingerprint density at radius 3 is 2.15 bits per heavy atom. The first-order chi connectivity index (χ1) is 19.1. The molecule has 1 saturated heterocycles. The number of amides is 1. The third-order valence-electron chi connectivity index (χ3n) is 8.86. The lowest BCUT2D eigenvalue weighted by Crippen LogP contribution is -2.53. The summed E-state index contributed by atoms with van der Waals surface area (Å²) in [5.41, 5.74) is -1.72. The van der Waals surface area contributed by atoms with Gasteiger partial charge >= 0.3 is 6.18 Å². The molecule has 0 bridgehead atoms. The van der Waals surface area contributed by atoms with Gasteiger partial charge in [0.2, 0.25) is 0 Å². The minimum atomic E-state index is -4.82. The minimum absolute atomic E-state index is 0.172. The van der Waals surface area contributed by atoms with Crippen LogP contribution in [-0.2, 0) is 4.79 Å². The third-order valence-corrected chi connectivity index (χ3v) is 9.46. The number of hydrogen-bond acceptors (Lipinski definition) is 4. The highest BCUT2D eigenvalue weighted by molar-refractivity contribution is 6.40. The minimum Gasteiger partial charge on any atom is -0.328 e. The number of piperidine rings is 1. The Labute approximate surface area is 248 Å². The Bertz CT molecular complexity index is 1210. The van der Waals surface area contributed by atoms with Gasteiger partial charge in [0.15, 0.2) is 5.78 Å². The van der Waals surface area contributed by atoms with Gasteiger partial charge < -0.3 is 9.80 Å². The fourth-order valence-electron chi connectivity index (χ4n) is 6.41. The van der Waals surface area contributed by atoms with Crippen LogP contribution in [0.5, 0.6) is 0 Å². The Hall–Kier alpha value is -2.01. The zero-order valence-electron chi connectivity index (χ0n) is 23.8. The van der Waals surface area contributed by atoms with Gasteiger partial charge in [0.05, 0.1) is 29.2 Å². The lowest BCUT2D eigenvalue weighted by Gasteiger charge is -2.40. The molecule has 41 heavy (non-hydrogen) atoms. The van der Waals surface area contributed by atoms with Gasteiger partial charge in [-0.05, 0) is 57.6 Å². The summed E-state index contributed by atoms with van der Waals surface area (Å²) in [6, 6.07) is 1.23. The topological polar surface area (TPSA) is 53.0 Å². The molecule has 2 fully saturated rings. The molecule has 1 aromatic carbocycles. The first-order valence-corrected chi connectivity index (χ1v) is 14.9. The van der Waals surface area contributed by atoms with Gasteiger partial charge in [0.25, 0.3) is 11.6 Å². The second kappa shape index (κ2) is 12.3. The van der Waals surface area contributed by atoms with Gasteiger partial charge in [0, 0.05) is 38.0 Å². The first kappa shape index (κ1) is 31.9. The van der Waals surface area contributed by atoms with E-state index in [-0.39, 0.29) is 21.7 Å². The molecule has 4 rings (SSSR count). The fraction of sp³-hybridized carbons (Fsp3) is 0.621. The highest BCUT2D eigenvalue weighted by atomic mass is 35.5. The second-order valence-corrected chi connectivity index (χ2v) is 12.7. The van der Waals surface area contributed by atoms with E-state index in [0.29, 0.717) is 44.7 Å². The van der Waals surface area contributed by atoms with Crippen LogP contribution in [0.1, 0.15) is 69.7 Å². The molecular weight excluding hydrogens is 583 g/mol. The zero-order valence-corrected chi connectivity index (χ0v) is 25.3. The number of carbonyl (C=O) groups is 2. The van der Waals surface area contributed by atoms with E-state index < -0.39 is 58.2 Å². The van der Waals surface area contributed by atoms with Crippen LogP contribution < -0.4 is 0 Å². The quantitative estimate of drug-likeness (QED) is 0.190. The fourth-order valence-corrected chi connectivity index (χ4v) is 7.08. The highest BCUT2D eigenvalue weighted by Gasteiger charge is 2.58. The average molecular weight is 621 g/mol. The predicted molar refractivity (Wildman–Crippen MR) is 151 cm³/mol. The molecule has 3 aliphatic rings. The van der Waals surface area contributed by atoms with E-state index in [9.17, 15) is 27.2 Å². The van der Waals surface area contributed by atoms with Gasteiger partial charge in [-0.3, -0.25) is 9.59 Å². The number of allylic oxidation sites excluding steroid dienone is 1. The van der Waals surface area contributed by atoms with Gasteiger partial charge in [0.1, 0.15) is 23.6 Å². The van der Waals surface area contributed by atoms with Crippen molar-refractivity contribution in [3.63, 3.8) is 0 Å². The molecule has 0 N–H and O–H groups in total. The second-order valence-electron chi connectivity index (χ2n) is 11.9. The summed E-state index contributed by atoms with van der Waals surface area (Å²) in [5.74, 6) is -1.89. The maximum absolute atomic E-state index is 14.7. The van der Waals surface area contributed by atoms with Gasteiger partial charge in [-0.1, -0.05) is 35.2 Å². The van der Waals surface area contributed by atoms with E-state index in [2.05, 4.69) is 16.9 Å². The van der Waals surface area contributed by atoms with Crippen LogP contribution in [0.25, 0.3) is 0 Å². The van der Waals surface area contributed by atoms with Crippen LogP contribution in [0, 0.1) is 11.7 Å². The summed E-state index contributed by atoms with van der Waals surface area (Å²) in [4.78, 5) is 31.0. The van der Waals surface area contributed by atoms with E-state index >= 15 is 0 Å². The van der Waals surface area contributed by atoms with Crippen LogP contribution >= 0.6 is 23.2 Å². The molecule has 1 aromatic rings. The van der Waals surface area contributed by atoms with Crippen molar-refractivity contribution in [1.29, 1.82) is 0 Å². The maximum atomic E-state index is 14.7. The van der Waals surface area contributed by atoms with Crippen LogP contribution in [0.2, 0.25) is 10.0 Å². The smallest absolute Gasteiger partial charge is 0.328 e. The van der Waals surface area contributed by atoms with Crippen molar-refractivity contribution in [2.24, 2.45) is 11.0 Å². The van der Waals surface area contributed by atoms with Crippen molar-refractivity contribution >= 4 is 41.1 Å². The number of benzene rings is 1. The van der Waals surface area contributed by atoms with Gasteiger partial charge in [-0.2, -0.15) is 17.8 Å². The molecule has 1 unspecified atom stereocenters. The Balaban J connectivity index is 1.73. The van der Waals surface area contributed by atoms with E-state index in [1.54, 1.807) is 0 Å². The summed E-state index contributed by atoms with van der Waals surface area (Å²) in [5, 5.41) is 3.85. The van der Waals surface area contributed by atoms with E-state index in [0.717, 1.165) is 31.2 Å². The van der Waals surface area contributed by atoms with Crippen LogP contribution in [0.3, 0.4) is 0 Å². The summed E-state index contributed by atoms with van der Waals surface area (Å²) in [7, 11) is 1.41. The molecule has 1 amide bonds.